The van der Waals surface area contributed by atoms with Gasteiger partial charge in [0.05, 0.1) is 4.90 Å². The second kappa shape index (κ2) is 6.66. The predicted molar refractivity (Wildman–Crippen MR) is 99.8 cm³/mol. The number of fused-ring (bicyclic) bond motifs is 1. The first-order valence-electron chi connectivity index (χ1n) is 8.63. The van der Waals surface area contributed by atoms with E-state index >= 15 is 0 Å². The maximum atomic E-state index is 12.9. The van der Waals surface area contributed by atoms with Crippen LogP contribution in [0, 0.1) is 0 Å². The first kappa shape index (κ1) is 16.9. The predicted octanol–water partition coefficient (Wildman–Crippen LogP) is 2.75. The van der Waals surface area contributed by atoms with Crippen molar-refractivity contribution in [2.75, 3.05) is 18.4 Å². The molecule has 0 unspecified atom stereocenters. The van der Waals surface area contributed by atoms with E-state index in [0.717, 1.165) is 24.8 Å². The van der Waals surface area contributed by atoms with E-state index in [2.05, 4.69) is 10.3 Å². The fraction of sp³-hybridized carbons (Fsp3) is 0.263. The molecule has 1 N–H and O–H groups in total. The van der Waals surface area contributed by atoms with Gasteiger partial charge in [-0.2, -0.15) is 4.31 Å². The van der Waals surface area contributed by atoms with Gasteiger partial charge in [-0.25, -0.2) is 8.42 Å². The highest BCUT2D eigenvalue weighted by Gasteiger charge is 2.30. The van der Waals surface area contributed by atoms with Gasteiger partial charge in [-0.3, -0.25) is 9.78 Å². The second-order valence-electron chi connectivity index (χ2n) is 6.47. The molecule has 1 amide bonds. The summed E-state index contributed by atoms with van der Waals surface area (Å²) >= 11 is 0. The summed E-state index contributed by atoms with van der Waals surface area (Å²) in [4.78, 5) is 16.6. The number of piperidine rings is 1. The number of rotatable bonds is 3. The van der Waals surface area contributed by atoms with Crippen LogP contribution in [0.3, 0.4) is 0 Å². The lowest BCUT2D eigenvalue weighted by Gasteiger charge is -2.26. The molecule has 0 atom stereocenters. The molecule has 2 aliphatic rings. The number of carbonyl (C=O) groups excluding carboxylic acids is 1. The zero-order chi connectivity index (χ0) is 18.1. The minimum absolute atomic E-state index is 0.228. The standard InChI is InChI=1S/C19H19N3O3S/c23-19-17(11-14-5-4-8-20-13-14)16-12-15(6-7-18(16)21-19)26(24,25)22-9-2-1-3-10-22/h4-8,11-13H,1-3,9-10H2,(H,21,23)/b17-11+. The molecule has 1 aromatic carbocycles. The summed E-state index contributed by atoms with van der Waals surface area (Å²) in [6, 6.07) is 8.46. The molecule has 1 aromatic heterocycles. The van der Waals surface area contributed by atoms with Gasteiger partial charge in [0, 0.05) is 42.3 Å². The lowest BCUT2D eigenvalue weighted by Crippen LogP contribution is -2.35. The number of pyridine rings is 1. The van der Waals surface area contributed by atoms with Crippen molar-refractivity contribution in [1.82, 2.24) is 9.29 Å². The average Bonchev–Trinajstić information content (AvgIpc) is 2.98. The van der Waals surface area contributed by atoms with Gasteiger partial charge in [-0.15, -0.1) is 0 Å². The molecular formula is C19H19N3O3S. The average molecular weight is 369 g/mol. The molecule has 1 saturated heterocycles. The molecule has 0 spiro atoms. The highest BCUT2D eigenvalue weighted by Crippen LogP contribution is 2.35. The molecule has 4 rings (SSSR count). The third-order valence-electron chi connectivity index (χ3n) is 4.72. The van der Waals surface area contributed by atoms with Gasteiger partial charge in [0.2, 0.25) is 10.0 Å². The van der Waals surface area contributed by atoms with Crippen molar-refractivity contribution < 1.29 is 13.2 Å². The Balaban J connectivity index is 1.75. The van der Waals surface area contributed by atoms with Crippen molar-refractivity contribution in [3.63, 3.8) is 0 Å². The van der Waals surface area contributed by atoms with Gasteiger partial charge in [0.15, 0.2) is 0 Å². The van der Waals surface area contributed by atoms with E-state index in [4.69, 9.17) is 0 Å². The Bertz CT molecular complexity index is 978. The number of nitrogens with zero attached hydrogens (tertiary/aromatic N) is 2. The topological polar surface area (TPSA) is 79.4 Å². The summed E-state index contributed by atoms with van der Waals surface area (Å²) in [5, 5.41) is 2.79. The summed E-state index contributed by atoms with van der Waals surface area (Å²) in [6.45, 7) is 1.10. The third kappa shape index (κ3) is 3.04. The summed E-state index contributed by atoms with van der Waals surface area (Å²) in [7, 11) is -3.54. The Hall–Kier alpha value is -2.51. The maximum absolute atomic E-state index is 12.9. The number of hydrogen-bond donors (Lipinski definition) is 1. The molecule has 2 aromatic rings. The van der Waals surface area contributed by atoms with Gasteiger partial charge in [-0.1, -0.05) is 12.5 Å². The number of carbonyl (C=O) groups is 1. The molecule has 134 valence electrons. The van der Waals surface area contributed by atoms with Crippen molar-refractivity contribution in [2.45, 2.75) is 24.2 Å². The Labute approximate surface area is 152 Å². The zero-order valence-corrected chi connectivity index (χ0v) is 15.0. The monoisotopic (exact) mass is 369 g/mol. The lowest BCUT2D eigenvalue weighted by atomic mass is 10.0. The summed E-state index contributed by atoms with van der Waals surface area (Å²) < 4.78 is 27.4. The van der Waals surface area contributed by atoms with Crippen LogP contribution < -0.4 is 5.32 Å². The van der Waals surface area contributed by atoms with E-state index < -0.39 is 10.0 Å². The third-order valence-corrected chi connectivity index (χ3v) is 6.62. The Morgan fingerprint density at radius 1 is 1.12 bits per heavy atom. The minimum atomic E-state index is -3.54. The van der Waals surface area contributed by atoms with E-state index in [0.29, 0.717) is 29.9 Å². The summed E-state index contributed by atoms with van der Waals surface area (Å²) in [5.41, 5.74) is 2.47. The fourth-order valence-corrected chi connectivity index (χ4v) is 4.90. The molecule has 3 heterocycles. The van der Waals surface area contributed by atoms with Crippen LogP contribution in [0.1, 0.15) is 30.4 Å². The van der Waals surface area contributed by atoms with Crippen LogP contribution in [0.25, 0.3) is 11.6 Å². The van der Waals surface area contributed by atoms with Gasteiger partial charge >= 0.3 is 0 Å². The van der Waals surface area contributed by atoms with Crippen molar-refractivity contribution >= 4 is 33.3 Å². The van der Waals surface area contributed by atoms with Crippen LogP contribution in [-0.2, 0) is 14.8 Å². The van der Waals surface area contributed by atoms with Crippen LogP contribution in [0.2, 0.25) is 0 Å². The number of anilines is 1. The summed E-state index contributed by atoms with van der Waals surface area (Å²) in [6.07, 6.45) is 7.88. The number of sulfonamides is 1. The van der Waals surface area contributed by atoms with Gasteiger partial charge in [-0.05, 0) is 48.7 Å². The maximum Gasteiger partial charge on any atom is 0.256 e. The molecule has 0 aliphatic carbocycles. The van der Waals surface area contributed by atoms with Crippen molar-refractivity contribution in [1.29, 1.82) is 0 Å². The molecule has 0 bridgehead atoms. The molecule has 6 nitrogen and oxygen atoms in total. The highest BCUT2D eigenvalue weighted by molar-refractivity contribution is 7.89. The molecular weight excluding hydrogens is 350 g/mol. The number of hydrogen-bond acceptors (Lipinski definition) is 4. The molecule has 2 aliphatic heterocycles. The Kier molecular flexibility index (Phi) is 4.34. The minimum Gasteiger partial charge on any atom is -0.321 e. The Morgan fingerprint density at radius 2 is 1.92 bits per heavy atom. The van der Waals surface area contributed by atoms with Crippen molar-refractivity contribution in [2.24, 2.45) is 0 Å². The first-order valence-corrected chi connectivity index (χ1v) is 10.1. The van der Waals surface area contributed by atoms with Gasteiger partial charge in [0.1, 0.15) is 0 Å². The molecule has 0 radical (unpaired) electrons. The first-order chi connectivity index (χ1) is 12.6. The van der Waals surface area contributed by atoms with Crippen LogP contribution >= 0.6 is 0 Å². The number of benzene rings is 1. The fourth-order valence-electron chi connectivity index (χ4n) is 3.35. The lowest BCUT2D eigenvalue weighted by molar-refractivity contribution is -0.110. The van der Waals surface area contributed by atoms with Crippen molar-refractivity contribution in [3.8, 4) is 0 Å². The van der Waals surface area contributed by atoms with E-state index in [9.17, 15) is 13.2 Å². The van der Waals surface area contributed by atoms with Gasteiger partial charge < -0.3 is 5.32 Å². The highest BCUT2D eigenvalue weighted by atomic mass is 32.2. The van der Waals surface area contributed by atoms with Crippen LogP contribution in [-0.4, -0.2) is 36.7 Å². The van der Waals surface area contributed by atoms with Gasteiger partial charge in [0.25, 0.3) is 5.91 Å². The zero-order valence-electron chi connectivity index (χ0n) is 14.2. The van der Waals surface area contributed by atoms with E-state index in [1.165, 1.54) is 4.31 Å². The summed E-state index contributed by atoms with van der Waals surface area (Å²) in [5.74, 6) is -0.239. The van der Waals surface area contributed by atoms with Crippen LogP contribution in [0.5, 0.6) is 0 Å². The van der Waals surface area contributed by atoms with Crippen molar-refractivity contribution in [3.05, 3.63) is 53.9 Å². The molecule has 0 saturated carbocycles. The number of amides is 1. The molecule has 1 fully saturated rings. The second-order valence-corrected chi connectivity index (χ2v) is 8.41. The Morgan fingerprint density at radius 3 is 2.65 bits per heavy atom. The van der Waals surface area contributed by atoms with E-state index in [1.54, 1.807) is 42.7 Å². The normalized spacial score (nSPS) is 19.4. The largest absolute Gasteiger partial charge is 0.321 e. The smallest absolute Gasteiger partial charge is 0.256 e. The van der Waals surface area contributed by atoms with E-state index in [1.807, 2.05) is 6.07 Å². The van der Waals surface area contributed by atoms with Crippen LogP contribution in [0.4, 0.5) is 5.69 Å². The number of aromatic nitrogens is 1. The van der Waals surface area contributed by atoms with Crippen LogP contribution in [0.15, 0.2) is 47.6 Å². The molecule has 7 heteroatoms. The number of nitrogens with one attached hydrogen (secondary N) is 1. The van der Waals surface area contributed by atoms with E-state index in [-0.39, 0.29) is 10.8 Å². The molecule has 26 heavy (non-hydrogen) atoms. The SMILES string of the molecule is O=C1Nc2ccc(S(=O)(=O)N3CCCCC3)cc2/C1=C\c1cccnc1. The quantitative estimate of drug-likeness (QED) is 0.844.